The maximum absolute atomic E-state index is 12.9. The third kappa shape index (κ3) is 4.86. The van der Waals surface area contributed by atoms with Crippen LogP contribution in [0.1, 0.15) is 34.5 Å². The first-order chi connectivity index (χ1) is 13.8. The van der Waals surface area contributed by atoms with Crippen LogP contribution in [0.2, 0.25) is 0 Å². The molecule has 1 aliphatic rings. The zero-order valence-corrected chi connectivity index (χ0v) is 17.4. The molecule has 29 heavy (non-hydrogen) atoms. The maximum atomic E-state index is 12.9. The molecule has 2 aromatic rings. The molecule has 0 unspecified atom stereocenters. The summed E-state index contributed by atoms with van der Waals surface area (Å²) >= 11 is 0. The normalized spacial score (nSPS) is 14.7. The highest BCUT2D eigenvalue weighted by Gasteiger charge is 2.28. The van der Waals surface area contributed by atoms with Crippen molar-refractivity contribution in [2.24, 2.45) is 0 Å². The number of benzene rings is 1. The summed E-state index contributed by atoms with van der Waals surface area (Å²) in [4.78, 5) is 26.3. The minimum absolute atomic E-state index is 0.101. The Morgan fingerprint density at radius 3 is 2.59 bits per heavy atom. The van der Waals surface area contributed by atoms with Crippen LogP contribution in [-0.4, -0.2) is 56.1 Å². The summed E-state index contributed by atoms with van der Waals surface area (Å²) in [6.07, 6.45) is 3.20. The number of amides is 2. The molecule has 1 aromatic heterocycles. The quantitative estimate of drug-likeness (QED) is 0.737. The van der Waals surface area contributed by atoms with E-state index in [-0.39, 0.29) is 29.5 Å². The molecule has 1 aromatic carbocycles. The van der Waals surface area contributed by atoms with E-state index in [0.29, 0.717) is 24.4 Å². The zero-order chi connectivity index (χ0) is 21.0. The lowest BCUT2D eigenvalue weighted by Crippen LogP contribution is -2.38. The highest BCUT2D eigenvalue weighted by atomic mass is 32.2. The molecule has 1 aliphatic heterocycles. The average molecular weight is 420 g/mol. The van der Waals surface area contributed by atoms with Crippen molar-refractivity contribution in [3.63, 3.8) is 0 Å². The minimum atomic E-state index is -3.62. The van der Waals surface area contributed by atoms with E-state index in [4.69, 9.17) is 4.42 Å². The van der Waals surface area contributed by atoms with E-state index in [0.717, 1.165) is 12.8 Å². The third-order valence-electron chi connectivity index (χ3n) is 4.91. The molecule has 1 saturated heterocycles. The van der Waals surface area contributed by atoms with Gasteiger partial charge in [0.15, 0.2) is 0 Å². The molecule has 8 nitrogen and oxygen atoms in total. The van der Waals surface area contributed by atoms with Gasteiger partial charge in [-0.15, -0.1) is 0 Å². The van der Waals surface area contributed by atoms with Gasteiger partial charge in [-0.1, -0.05) is 6.07 Å². The molecule has 1 fully saturated rings. The molecule has 1 N–H and O–H groups in total. The number of nitrogens with one attached hydrogen (secondary N) is 1. The molecule has 0 spiro atoms. The second kappa shape index (κ2) is 8.79. The summed E-state index contributed by atoms with van der Waals surface area (Å²) in [6.45, 7) is 2.81. The Balaban J connectivity index is 1.70. The van der Waals surface area contributed by atoms with Crippen molar-refractivity contribution in [1.29, 1.82) is 0 Å². The summed E-state index contributed by atoms with van der Waals surface area (Å²) in [5.41, 5.74) is 0.921. The fraction of sp³-hybridized carbons (Fsp3) is 0.400. The number of likely N-dealkylation sites (N-methyl/N-ethyl adjacent to an activating group) is 1. The molecule has 2 amide bonds. The number of aryl methyl sites for hydroxylation is 1. The smallest absolute Gasteiger partial charge is 0.254 e. The van der Waals surface area contributed by atoms with Gasteiger partial charge in [0.05, 0.1) is 24.2 Å². The Kier molecular flexibility index (Phi) is 6.39. The largest absolute Gasteiger partial charge is 0.467 e. The van der Waals surface area contributed by atoms with E-state index < -0.39 is 15.9 Å². The standard InChI is InChI=1S/C20H25N3O5S/c1-15-7-8-17(29(26,27)23-9-3-4-10-23)12-18(15)20(25)22(2)14-19(24)21-13-16-6-5-11-28-16/h5-8,11-12H,3-4,9-10,13-14H2,1-2H3,(H,21,24). The number of hydrogen-bond donors (Lipinski definition) is 1. The molecule has 9 heteroatoms. The van der Waals surface area contributed by atoms with Gasteiger partial charge in [-0.3, -0.25) is 9.59 Å². The van der Waals surface area contributed by atoms with E-state index in [1.807, 2.05) is 0 Å². The van der Waals surface area contributed by atoms with E-state index in [1.54, 1.807) is 25.1 Å². The van der Waals surface area contributed by atoms with Gasteiger partial charge in [0.2, 0.25) is 15.9 Å². The highest BCUT2D eigenvalue weighted by Crippen LogP contribution is 2.23. The molecule has 2 heterocycles. The van der Waals surface area contributed by atoms with Crippen LogP contribution in [0.4, 0.5) is 0 Å². The van der Waals surface area contributed by atoms with Crippen LogP contribution in [-0.2, 0) is 21.4 Å². The molecule has 0 bridgehead atoms. The van der Waals surface area contributed by atoms with Crippen LogP contribution in [0.5, 0.6) is 0 Å². The summed E-state index contributed by atoms with van der Waals surface area (Å²) in [5.74, 6) is -0.132. The predicted octanol–water partition coefficient (Wildman–Crippen LogP) is 1.76. The molecular weight excluding hydrogens is 394 g/mol. The summed E-state index contributed by atoms with van der Waals surface area (Å²) in [7, 11) is -2.11. The van der Waals surface area contributed by atoms with Crippen molar-refractivity contribution in [2.45, 2.75) is 31.2 Å². The Morgan fingerprint density at radius 2 is 1.93 bits per heavy atom. The van der Waals surface area contributed by atoms with Gasteiger partial charge in [0.25, 0.3) is 5.91 Å². The molecule has 156 valence electrons. The fourth-order valence-corrected chi connectivity index (χ4v) is 4.76. The number of furan rings is 1. The van der Waals surface area contributed by atoms with Crippen LogP contribution < -0.4 is 5.32 Å². The number of sulfonamides is 1. The van der Waals surface area contributed by atoms with Crippen LogP contribution in [0.3, 0.4) is 0 Å². The summed E-state index contributed by atoms with van der Waals surface area (Å²) < 4.78 is 32.2. The Morgan fingerprint density at radius 1 is 1.21 bits per heavy atom. The lowest BCUT2D eigenvalue weighted by molar-refractivity contribution is -0.121. The van der Waals surface area contributed by atoms with Crippen molar-refractivity contribution in [2.75, 3.05) is 26.7 Å². The van der Waals surface area contributed by atoms with Gasteiger partial charge in [0.1, 0.15) is 5.76 Å². The summed E-state index contributed by atoms with van der Waals surface area (Å²) in [6, 6.07) is 8.02. The predicted molar refractivity (Wildman–Crippen MR) is 107 cm³/mol. The minimum Gasteiger partial charge on any atom is -0.467 e. The van der Waals surface area contributed by atoms with Gasteiger partial charge in [-0.2, -0.15) is 4.31 Å². The van der Waals surface area contributed by atoms with Gasteiger partial charge in [0, 0.05) is 25.7 Å². The average Bonchev–Trinajstić information content (AvgIpc) is 3.40. The van der Waals surface area contributed by atoms with Crippen LogP contribution in [0.25, 0.3) is 0 Å². The first-order valence-corrected chi connectivity index (χ1v) is 10.9. The molecule has 0 atom stereocenters. The number of carbonyl (C=O) groups is 2. The van der Waals surface area contributed by atoms with Crippen molar-refractivity contribution in [1.82, 2.24) is 14.5 Å². The number of hydrogen-bond acceptors (Lipinski definition) is 5. The van der Waals surface area contributed by atoms with Gasteiger partial charge in [-0.25, -0.2) is 8.42 Å². The monoisotopic (exact) mass is 419 g/mol. The van der Waals surface area contributed by atoms with E-state index >= 15 is 0 Å². The van der Waals surface area contributed by atoms with Gasteiger partial charge in [-0.05, 0) is 49.6 Å². The fourth-order valence-electron chi connectivity index (χ4n) is 3.22. The first-order valence-electron chi connectivity index (χ1n) is 9.44. The topological polar surface area (TPSA) is 99.9 Å². The van der Waals surface area contributed by atoms with Crippen molar-refractivity contribution < 1.29 is 22.4 Å². The molecule has 3 rings (SSSR count). The number of nitrogens with zero attached hydrogens (tertiary/aromatic N) is 2. The number of carbonyl (C=O) groups excluding carboxylic acids is 2. The maximum Gasteiger partial charge on any atom is 0.254 e. The van der Waals surface area contributed by atoms with Gasteiger partial charge < -0.3 is 14.6 Å². The van der Waals surface area contributed by atoms with Crippen molar-refractivity contribution >= 4 is 21.8 Å². The Bertz CT molecular complexity index is 980. The molecular formula is C20H25N3O5S. The second-order valence-electron chi connectivity index (χ2n) is 7.11. The first kappa shape index (κ1) is 21.1. The van der Waals surface area contributed by atoms with E-state index in [9.17, 15) is 18.0 Å². The van der Waals surface area contributed by atoms with E-state index in [1.165, 1.54) is 34.6 Å². The lowest BCUT2D eigenvalue weighted by Gasteiger charge is -2.20. The SMILES string of the molecule is Cc1ccc(S(=O)(=O)N2CCCC2)cc1C(=O)N(C)CC(=O)NCc1ccco1. The Labute approximate surface area is 170 Å². The third-order valence-corrected chi connectivity index (χ3v) is 6.80. The van der Waals surface area contributed by atoms with E-state index in [2.05, 4.69) is 5.32 Å². The van der Waals surface area contributed by atoms with Gasteiger partial charge >= 0.3 is 0 Å². The highest BCUT2D eigenvalue weighted by molar-refractivity contribution is 7.89. The van der Waals surface area contributed by atoms with Crippen LogP contribution in [0.15, 0.2) is 45.9 Å². The van der Waals surface area contributed by atoms with Crippen molar-refractivity contribution in [3.8, 4) is 0 Å². The van der Waals surface area contributed by atoms with Crippen LogP contribution >= 0.6 is 0 Å². The van der Waals surface area contributed by atoms with Crippen molar-refractivity contribution in [3.05, 3.63) is 53.5 Å². The molecule has 0 radical (unpaired) electrons. The molecule has 0 saturated carbocycles. The van der Waals surface area contributed by atoms with Crippen LogP contribution in [0, 0.1) is 6.92 Å². The lowest BCUT2D eigenvalue weighted by atomic mass is 10.1. The summed E-state index contributed by atoms with van der Waals surface area (Å²) in [5, 5.41) is 2.68. The molecule has 0 aliphatic carbocycles. The second-order valence-corrected chi connectivity index (χ2v) is 9.04. The zero-order valence-electron chi connectivity index (χ0n) is 16.6. The number of rotatable bonds is 7. The Hall–Kier alpha value is -2.65.